The minimum absolute atomic E-state index is 0.243. The largest absolute Gasteiger partial charge is 0.468 e. The summed E-state index contributed by atoms with van der Waals surface area (Å²) in [5.41, 5.74) is 7.45. The molecule has 0 saturated carbocycles. The second kappa shape index (κ2) is 5.20. The van der Waals surface area contributed by atoms with Gasteiger partial charge in [0, 0.05) is 12.7 Å². The molecule has 0 spiro atoms. The molecule has 0 atom stereocenters. The van der Waals surface area contributed by atoms with Gasteiger partial charge in [-0.1, -0.05) is 17.8 Å². The van der Waals surface area contributed by atoms with Crippen LogP contribution in [0.4, 0.5) is 0 Å². The maximum Gasteiger partial charge on any atom is 0.316 e. The molecule has 2 N–H and O–H groups in total. The van der Waals surface area contributed by atoms with Gasteiger partial charge in [-0.25, -0.2) is 4.98 Å². The van der Waals surface area contributed by atoms with Crippen LogP contribution in [0.5, 0.6) is 0 Å². The Hall–Kier alpha value is -1.53. The Morgan fingerprint density at radius 3 is 3.12 bits per heavy atom. The summed E-state index contributed by atoms with van der Waals surface area (Å²) < 4.78 is 6.52. The van der Waals surface area contributed by atoms with Crippen molar-refractivity contribution < 1.29 is 9.53 Å². The van der Waals surface area contributed by atoms with Crippen LogP contribution < -0.4 is 5.73 Å². The van der Waals surface area contributed by atoms with Crippen molar-refractivity contribution in [1.29, 1.82) is 0 Å². The van der Waals surface area contributed by atoms with Gasteiger partial charge in [0.25, 0.3) is 0 Å². The Balaban J connectivity index is 2.30. The van der Waals surface area contributed by atoms with Gasteiger partial charge < -0.3 is 14.9 Å². The molecule has 0 aliphatic rings. The molecule has 5 nitrogen and oxygen atoms in total. The minimum Gasteiger partial charge on any atom is -0.468 e. The van der Waals surface area contributed by atoms with E-state index in [0.29, 0.717) is 6.54 Å². The van der Waals surface area contributed by atoms with Crippen LogP contribution in [0.25, 0.3) is 5.65 Å². The molecule has 2 aromatic heterocycles. The molecule has 2 aromatic rings. The monoisotopic (exact) mass is 251 g/mol. The maximum atomic E-state index is 11.1. The van der Waals surface area contributed by atoms with Crippen LogP contribution in [0.2, 0.25) is 0 Å². The molecular weight excluding hydrogens is 238 g/mol. The van der Waals surface area contributed by atoms with Crippen LogP contribution in [0.1, 0.15) is 5.69 Å². The van der Waals surface area contributed by atoms with Crippen molar-refractivity contribution in [2.24, 2.45) is 5.73 Å². The number of imidazole rings is 1. The van der Waals surface area contributed by atoms with Crippen molar-refractivity contribution in [3.05, 3.63) is 30.1 Å². The first-order valence-corrected chi connectivity index (χ1v) is 6.10. The molecule has 0 aliphatic heterocycles. The summed E-state index contributed by atoms with van der Waals surface area (Å²) in [5.74, 6) is -0.0251. The van der Waals surface area contributed by atoms with Crippen molar-refractivity contribution in [1.82, 2.24) is 9.38 Å². The SMILES string of the molecule is COC(=O)CSc1nc2ccccn2c1CN. The van der Waals surface area contributed by atoms with E-state index in [-0.39, 0.29) is 11.7 Å². The number of aromatic nitrogens is 2. The van der Waals surface area contributed by atoms with Crippen LogP contribution in [0, 0.1) is 0 Å². The van der Waals surface area contributed by atoms with Crippen molar-refractivity contribution >= 4 is 23.4 Å². The number of carbonyl (C=O) groups excluding carboxylic acids is 1. The lowest BCUT2D eigenvalue weighted by Gasteiger charge is -2.00. The molecule has 0 radical (unpaired) electrons. The van der Waals surface area contributed by atoms with Gasteiger partial charge in [-0.2, -0.15) is 0 Å². The molecule has 0 saturated heterocycles. The van der Waals surface area contributed by atoms with Gasteiger partial charge in [0.15, 0.2) is 0 Å². The van der Waals surface area contributed by atoms with Crippen LogP contribution in [-0.4, -0.2) is 28.2 Å². The van der Waals surface area contributed by atoms with E-state index in [2.05, 4.69) is 9.72 Å². The predicted octanol–water partition coefficient (Wildman–Crippen LogP) is 1.06. The van der Waals surface area contributed by atoms with Crippen molar-refractivity contribution in [3.8, 4) is 0 Å². The molecule has 2 rings (SSSR count). The fraction of sp³-hybridized carbons (Fsp3) is 0.273. The van der Waals surface area contributed by atoms with E-state index in [1.54, 1.807) is 0 Å². The number of hydrogen-bond donors (Lipinski definition) is 1. The lowest BCUT2D eigenvalue weighted by molar-refractivity contribution is -0.137. The summed E-state index contributed by atoms with van der Waals surface area (Å²) in [7, 11) is 1.37. The zero-order valence-corrected chi connectivity index (χ0v) is 10.2. The number of nitrogens with two attached hydrogens (primary N) is 1. The topological polar surface area (TPSA) is 69.6 Å². The van der Waals surface area contributed by atoms with E-state index in [1.165, 1.54) is 18.9 Å². The highest BCUT2D eigenvalue weighted by atomic mass is 32.2. The van der Waals surface area contributed by atoms with E-state index >= 15 is 0 Å². The lowest BCUT2D eigenvalue weighted by Crippen LogP contribution is -2.05. The van der Waals surface area contributed by atoms with Crippen molar-refractivity contribution in [2.45, 2.75) is 11.6 Å². The fourth-order valence-corrected chi connectivity index (χ4v) is 2.39. The highest BCUT2D eigenvalue weighted by Gasteiger charge is 2.12. The third kappa shape index (κ3) is 2.42. The Morgan fingerprint density at radius 1 is 1.59 bits per heavy atom. The molecule has 6 heteroatoms. The van der Waals surface area contributed by atoms with Gasteiger partial charge in [0.05, 0.1) is 18.6 Å². The highest BCUT2D eigenvalue weighted by Crippen LogP contribution is 2.23. The number of thioether (sulfide) groups is 1. The van der Waals surface area contributed by atoms with Gasteiger partial charge in [-0.05, 0) is 12.1 Å². The van der Waals surface area contributed by atoms with Gasteiger partial charge in [0.1, 0.15) is 10.7 Å². The van der Waals surface area contributed by atoms with Crippen LogP contribution in [0.15, 0.2) is 29.4 Å². The first-order chi connectivity index (χ1) is 8.26. The second-order valence-electron chi connectivity index (χ2n) is 3.36. The standard InChI is InChI=1S/C11H13N3O2S/c1-16-10(15)7-17-11-8(6-12)14-5-3-2-4-9(14)13-11/h2-5H,6-7,12H2,1H3. The normalized spacial score (nSPS) is 10.7. The van der Waals surface area contributed by atoms with Crippen LogP contribution in [-0.2, 0) is 16.1 Å². The van der Waals surface area contributed by atoms with Gasteiger partial charge in [0.2, 0.25) is 0 Å². The molecule has 0 unspecified atom stereocenters. The zero-order valence-electron chi connectivity index (χ0n) is 9.42. The molecular formula is C11H13N3O2S. The minimum atomic E-state index is -0.268. The number of hydrogen-bond acceptors (Lipinski definition) is 5. The molecule has 0 amide bonds. The predicted molar refractivity (Wildman–Crippen MR) is 65.8 cm³/mol. The number of fused-ring (bicyclic) bond motifs is 1. The van der Waals surface area contributed by atoms with Crippen molar-refractivity contribution in [2.75, 3.05) is 12.9 Å². The van der Waals surface area contributed by atoms with E-state index < -0.39 is 0 Å². The van der Waals surface area contributed by atoms with E-state index in [4.69, 9.17) is 5.73 Å². The molecule has 17 heavy (non-hydrogen) atoms. The highest BCUT2D eigenvalue weighted by molar-refractivity contribution is 7.99. The Morgan fingerprint density at radius 2 is 2.41 bits per heavy atom. The summed E-state index contributed by atoms with van der Waals surface area (Å²) in [4.78, 5) is 15.5. The van der Waals surface area contributed by atoms with Crippen LogP contribution in [0.3, 0.4) is 0 Å². The van der Waals surface area contributed by atoms with Crippen molar-refractivity contribution in [3.63, 3.8) is 0 Å². The van der Waals surface area contributed by atoms with Gasteiger partial charge in [-0.15, -0.1) is 0 Å². The number of esters is 1. The van der Waals surface area contributed by atoms with E-state index in [1.807, 2.05) is 28.8 Å². The second-order valence-corrected chi connectivity index (χ2v) is 4.33. The smallest absolute Gasteiger partial charge is 0.316 e. The zero-order chi connectivity index (χ0) is 12.3. The third-order valence-corrected chi connectivity index (χ3v) is 3.32. The number of methoxy groups -OCH3 is 1. The number of ether oxygens (including phenoxy) is 1. The summed E-state index contributed by atoms with van der Waals surface area (Å²) in [5, 5.41) is 0.782. The average molecular weight is 251 g/mol. The molecule has 0 aromatic carbocycles. The van der Waals surface area contributed by atoms with Gasteiger partial charge >= 0.3 is 5.97 Å². The Kier molecular flexibility index (Phi) is 3.65. The summed E-state index contributed by atoms with van der Waals surface area (Å²) in [6.07, 6.45) is 1.91. The molecule has 0 bridgehead atoms. The fourth-order valence-electron chi connectivity index (χ4n) is 1.51. The number of pyridine rings is 1. The van der Waals surface area contributed by atoms with Crippen LogP contribution >= 0.6 is 11.8 Å². The molecule has 0 fully saturated rings. The number of carbonyl (C=O) groups is 1. The molecule has 2 heterocycles. The number of nitrogens with zero attached hydrogens (tertiary/aromatic N) is 2. The summed E-state index contributed by atoms with van der Waals surface area (Å²) >= 11 is 1.34. The Bertz CT molecular complexity index is 538. The van der Waals surface area contributed by atoms with Gasteiger partial charge in [-0.3, -0.25) is 4.79 Å². The van der Waals surface area contributed by atoms with E-state index in [9.17, 15) is 4.79 Å². The average Bonchev–Trinajstić information content (AvgIpc) is 2.73. The first kappa shape index (κ1) is 11.9. The number of rotatable bonds is 4. The first-order valence-electron chi connectivity index (χ1n) is 5.12. The van der Waals surface area contributed by atoms with E-state index in [0.717, 1.165) is 16.4 Å². The third-order valence-electron chi connectivity index (χ3n) is 2.34. The lowest BCUT2D eigenvalue weighted by atomic mass is 10.4. The Labute approximate surface area is 103 Å². The summed E-state index contributed by atoms with van der Waals surface area (Å²) in [6.45, 7) is 0.384. The summed E-state index contributed by atoms with van der Waals surface area (Å²) in [6, 6.07) is 5.74. The quantitative estimate of drug-likeness (QED) is 0.650. The molecule has 0 aliphatic carbocycles. The molecule has 90 valence electrons. The maximum absolute atomic E-state index is 11.1.